The molecule has 0 radical (unpaired) electrons. The maximum atomic E-state index is 11.6. The first kappa shape index (κ1) is 19.3. The molecule has 0 bridgehead atoms. The molecule has 2 heterocycles. The monoisotopic (exact) mass is 416 g/mol. The van der Waals surface area contributed by atoms with Crippen molar-refractivity contribution in [3.63, 3.8) is 0 Å². The number of carbonyl (C=O) groups is 1. The fraction of sp³-hybridized carbons (Fsp3) is 0.304. The van der Waals surface area contributed by atoms with E-state index in [4.69, 9.17) is 4.98 Å². The lowest BCUT2D eigenvalue weighted by molar-refractivity contribution is 0.0698. The number of aromatic carboxylic acids is 1. The smallest absolute Gasteiger partial charge is 0.337 e. The van der Waals surface area contributed by atoms with Crippen LogP contribution in [-0.2, 0) is 0 Å². The highest BCUT2D eigenvalue weighted by Crippen LogP contribution is 2.32. The minimum atomic E-state index is -0.959. The van der Waals surface area contributed by atoms with Crippen molar-refractivity contribution in [1.82, 2.24) is 19.6 Å². The molecule has 0 saturated heterocycles. The van der Waals surface area contributed by atoms with E-state index in [0.29, 0.717) is 11.6 Å². The van der Waals surface area contributed by atoms with Gasteiger partial charge in [0.25, 0.3) is 0 Å². The van der Waals surface area contributed by atoms with Crippen LogP contribution in [-0.4, -0.2) is 37.2 Å². The zero-order valence-corrected chi connectivity index (χ0v) is 17.5. The molecule has 8 nitrogen and oxygen atoms in total. The SMILES string of the molecule is Cc1cc([C@@H](C)Nc2ccccc2C(=O)O)c2nc(NCC3CC3)n3cnnc3c2c1. The average molecular weight is 416 g/mol. The van der Waals surface area contributed by atoms with Gasteiger partial charge in [-0.05, 0) is 56.4 Å². The molecule has 4 aromatic rings. The summed E-state index contributed by atoms with van der Waals surface area (Å²) in [4.78, 5) is 16.6. The first-order chi connectivity index (χ1) is 15.0. The molecule has 8 heteroatoms. The van der Waals surface area contributed by atoms with Crippen LogP contribution in [0, 0.1) is 12.8 Å². The maximum absolute atomic E-state index is 11.6. The second kappa shape index (κ2) is 7.54. The topological polar surface area (TPSA) is 104 Å². The molecule has 1 fully saturated rings. The number of carboxylic acid groups (broad SMARTS) is 1. The third kappa shape index (κ3) is 3.65. The van der Waals surface area contributed by atoms with Crippen LogP contribution in [0.1, 0.15) is 47.3 Å². The van der Waals surface area contributed by atoms with Gasteiger partial charge in [-0.25, -0.2) is 9.78 Å². The highest BCUT2D eigenvalue weighted by atomic mass is 16.4. The number of nitrogens with zero attached hydrogens (tertiary/aromatic N) is 4. The number of hydrogen-bond acceptors (Lipinski definition) is 6. The van der Waals surface area contributed by atoms with Gasteiger partial charge in [-0.15, -0.1) is 10.2 Å². The number of aryl methyl sites for hydroxylation is 1. The van der Waals surface area contributed by atoms with Gasteiger partial charge >= 0.3 is 5.97 Å². The van der Waals surface area contributed by atoms with Gasteiger partial charge in [0, 0.05) is 23.2 Å². The summed E-state index contributed by atoms with van der Waals surface area (Å²) in [5, 5.41) is 25.7. The van der Waals surface area contributed by atoms with Crippen molar-refractivity contribution in [1.29, 1.82) is 0 Å². The van der Waals surface area contributed by atoms with Gasteiger partial charge in [0.2, 0.25) is 5.95 Å². The predicted octanol–water partition coefficient (Wildman–Crippen LogP) is 4.28. The summed E-state index contributed by atoms with van der Waals surface area (Å²) in [5.41, 5.74) is 4.46. The van der Waals surface area contributed by atoms with Crippen LogP contribution < -0.4 is 10.6 Å². The number of fused-ring (bicyclic) bond motifs is 3. The summed E-state index contributed by atoms with van der Waals surface area (Å²) in [6.07, 6.45) is 4.18. The molecule has 0 spiro atoms. The van der Waals surface area contributed by atoms with Crippen LogP contribution in [0.15, 0.2) is 42.7 Å². The Morgan fingerprint density at radius 1 is 1.29 bits per heavy atom. The van der Waals surface area contributed by atoms with Crippen molar-refractivity contribution in [3.05, 3.63) is 59.4 Å². The molecule has 3 N–H and O–H groups in total. The predicted molar refractivity (Wildman–Crippen MR) is 120 cm³/mol. The van der Waals surface area contributed by atoms with Crippen LogP contribution in [0.25, 0.3) is 16.6 Å². The first-order valence-corrected chi connectivity index (χ1v) is 10.5. The Hall–Kier alpha value is -3.68. The molecule has 31 heavy (non-hydrogen) atoms. The van der Waals surface area contributed by atoms with Crippen LogP contribution in [0.3, 0.4) is 0 Å². The minimum absolute atomic E-state index is 0.169. The number of benzene rings is 2. The van der Waals surface area contributed by atoms with Crippen LogP contribution >= 0.6 is 0 Å². The zero-order valence-electron chi connectivity index (χ0n) is 17.5. The first-order valence-electron chi connectivity index (χ1n) is 10.5. The van der Waals surface area contributed by atoms with Crippen molar-refractivity contribution in [2.75, 3.05) is 17.2 Å². The van der Waals surface area contributed by atoms with E-state index in [0.717, 1.165) is 40.2 Å². The standard InChI is InChI=1S/C23H24N6O2/c1-13-9-17(14(2)26-19-6-4-3-5-16(19)22(30)31)20-18(10-13)21-28-25-12-29(21)23(27-20)24-11-15-7-8-15/h3-6,9-10,12,14-15,26H,7-8,11H2,1-2H3,(H,24,27)(H,30,31)/t14-/m1/s1. The number of nitrogens with one attached hydrogen (secondary N) is 2. The van der Waals surface area contributed by atoms with Crippen LogP contribution in [0.4, 0.5) is 11.6 Å². The van der Waals surface area contributed by atoms with Crippen molar-refractivity contribution in [3.8, 4) is 0 Å². The van der Waals surface area contributed by atoms with Gasteiger partial charge in [0.15, 0.2) is 5.65 Å². The van der Waals surface area contributed by atoms with Gasteiger partial charge in [-0.3, -0.25) is 4.40 Å². The van der Waals surface area contributed by atoms with E-state index < -0.39 is 5.97 Å². The highest BCUT2D eigenvalue weighted by molar-refractivity contribution is 5.96. The Bertz CT molecular complexity index is 1290. The summed E-state index contributed by atoms with van der Waals surface area (Å²) >= 11 is 0. The molecule has 2 aromatic heterocycles. The molecular formula is C23H24N6O2. The van der Waals surface area contributed by atoms with Crippen molar-refractivity contribution >= 4 is 34.2 Å². The van der Waals surface area contributed by atoms with Crippen molar-refractivity contribution < 1.29 is 9.90 Å². The Morgan fingerprint density at radius 2 is 2.10 bits per heavy atom. The molecule has 1 saturated carbocycles. The number of carboxylic acids is 1. The third-order valence-corrected chi connectivity index (χ3v) is 5.76. The summed E-state index contributed by atoms with van der Waals surface area (Å²) in [7, 11) is 0. The van der Waals surface area contributed by atoms with E-state index in [-0.39, 0.29) is 11.6 Å². The normalized spacial score (nSPS) is 14.6. The molecule has 0 amide bonds. The number of rotatable bonds is 7. The minimum Gasteiger partial charge on any atom is -0.478 e. The molecule has 1 atom stereocenters. The van der Waals surface area contributed by atoms with E-state index in [9.17, 15) is 9.90 Å². The summed E-state index contributed by atoms with van der Waals surface area (Å²) in [5.74, 6) is 0.469. The number of para-hydroxylation sites is 1. The Kier molecular flexibility index (Phi) is 4.69. The second-order valence-electron chi connectivity index (χ2n) is 8.25. The van der Waals surface area contributed by atoms with Gasteiger partial charge in [-0.2, -0.15) is 0 Å². The van der Waals surface area contributed by atoms with Gasteiger partial charge in [-0.1, -0.05) is 18.2 Å². The van der Waals surface area contributed by atoms with E-state index in [1.54, 1.807) is 24.5 Å². The highest BCUT2D eigenvalue weighted by Gasteiger charge is 2.23. The van der Waals surface area contributed by atoms with Crippen molar-refractivity contribution in [2.24, 2.45) is 5.92 Å². The fourth-order valence-electron chi connectivity index (χ4n) is 3.95. The van der Waals surface area contributed by atoms with E-state index >= 15 is 0 Å². The molecule has 5 rings (SSSR count). The summed E-state index contributed by atoms with van der Waals surface area (Å²) in [6.45, 7) is 4.93. The van der Waals surface area contributed by atoms with Crippen LogP contribution in [0.5, 0.6) is 0 Å². The number of aromatic nitrogens is 4. The zero-order chi connectivity index (χ0) is 21.5. The summed E-state index contributed by atoms with van der Waals surface area (Å²) < 4.78 is 1.89. The molecule has 0 aliphatic heterocycles. The molecule has 1 aliphatic carbocycles. The third-order valence-electron chi connectivity index (χ3n) is 5.76. The quantitative estimate of drug-likeness (QED) is 0.413. The second-order valence-corrected chi connectivity index (χ2v) is 8.25. The fourth-order valence-corrected chi connectivity index (χ4v) is 3.95. The Balaban J connectivity index is 1.60. The maximum Gasteiger partial charge on any atom is 0.337 e. The lowest BCUT2D eigenvalue weighted by Gasteiger charge is -2.20. The summed E-state index contributed by atoms with van der Waals surface area (Å²) in [6, 6.07) is 10.9. The number of anilines is 2. The average Bonchev–Trinajstić information content (AvgIpc) is 3.45. The molecule has 158 valence electrons. The van der Waals surface area contributed by atoms with E-state index in [2.05, 4.69) is 33.0 Å². The van der Waals surface area contributed by atoms with Gasteiger partial charge < -0.3 is 15.7 Å². The lowest BCUT2D eigenvalue weighted by Crippen LogP contribution is -2.13. The molecule has 0 unspecified atom stereocenters. The largest absolute Gasteiger partial charge is 0.478 e. The molecule has 1 aliphatic rings. The van der Waals surface area contributed by atoms with Gasteiger partial charge in [0.1, 0.15) is 6.33 Å². The lowest BCUT2D eigenvalue weighted by atomic mass is 10.0. The molecule has 2 aromatic carbocycles. The van der Waals surface area contributed by atoms with E-state index in [1.807, 2.05) is 24.3 Å². The van der Waals surface area contributed by atoms with Crippen LogP contribution in [0.2, 0.25) is 0 Å². The number of hydrogen-bond donors (Lipinski definition) is 3. The Labute approximate surface area is 179 Å². The van der Waals surface area contributed by atoms with Gasteiger partial charge in [0.05, 0.1) is 17.1 Å². The van der Waals surface area contributed by atoms with E-state index in [1.165, 1.54) is 12.8 Å². The molecular weight excluding hydrogens is 392 g/mol. The van der Waals surface area contributed by atoms with Crippen molar-refractivity contribution in [2.45, 2.75) is 32.7 Å². The Morgan fingerprint density at radius 3 is 2.87 bits per heavy atom.